The maximum atomic E-state index is 13.0. The number of alkyl halides is 3. The van der Waals surface area contributed by atoms with E-state index in [0.29, 0.717) is 12.8 Å². The summed E-state index contributed by atoms with van der Waals surface area (Å²) in [5.74, 6) is -2.12. The van der Waals surface area contributed by atoms with Crippen LogP contribution >= 0.6 is 0 Å². The van der Waals surface area contributed by atoms with Gasteiger partial charge >= 0.3 is 6.18 Å². The SMILES string of the molecule is O=S1(=O)CCC(S(=O)(=O)NC2CCCCC2C(F)(F)F)CC1. The summed E-state index contributed by atoms with van der Waals surface area (Å²) in [5.41, 5.74) is 0. The first-order chi connectivity index (χ1) is 10.0. The topological polar surface area (TPSA) is 80.3 Å². The summed E-state index contributed by atoms with van der Waals surface area (Å²) in [6, 6.07) is -1.14. The second-order valence-corrected chi connectivity index (χ2v) is 10.3. The van der Waals surface area contributed by atoms with Crippen LogP contribution in [0.5, 0.6) is 0 Å². The van der Waals surface area contributed by atoms with Gasteiger partial charge in [0.15, 0.2) is 0 Å². The smallest absolute Gasteiger partial charge is 0.229 e. The second-order valence-electron chi connectivity index (χ2n) is 6.05. The van der Waals surface area contributed by atoms with Gasteiger partial charge in [0.2, 0.25) is 10.0 Å². The van der Waals surface area contributed by atoms with Crippen molar-refractivity contribution in [3.63, 3.8) is 0 Å². The molecule has 0 aromatic rings. The monoisotopic (exact) mass is 363 g/mol. The molecule has 0 bridgehead atoms. The number of halogens is 3. The average Bonchev–Trinajstić information content (AvgIpc) is 2.37. The lowest BCUT2D eigenvalue weighted by atomic mass is 9.85. The van der Waals surface area contributed by atoms with Crippen molar-refractivity contribution in [3.8, 4) is 0 Å². The van der Waals surface area contributed by atoms with Gasteiger partial charge in [0.25, 0.3) is 0 Å². The van der Waals surface area contributed by atoms with Crippen LogP contribution in [0, 0.1) is 5.92 Å². The molecule has 0 spiro atoms. The molecular formula is C12H20F3NO4S2. The van der Waals surface area contributed by atoms with E-state index in [9.17, 15) is 30.0 Å². The largest absolute Gasteiger partial charge is 0.393 e. The molecule has 1 aliphatic heterocycles. The van der Waals surface area contributed by atoms with Crippen LogP contribution in [0.1, 0.15) is 38.5 Å². The fourth-order valence-corrected chi connectivity index (χ4v) is 6.69. The maximum Gasteiger partial charge on any atom is 0.393 e. The predicted molar refractivity (Wildman–Crippen MR) is 75.5 cm³/mol. The molecule has 2 atom stereocenters. The third kappa shape index (κ3) is 4.35. The van der Waals surface area contributed by atoms with Crippen LogP contribution in [-0.4, -0.2) is 45.8 Å². The molecule has 0 amide bonds. The fraction of sp³-hybridized carbons (Fsp3) is 1.00. The molecule has 130 valence electrons. The third-order valence-electron chi connectivity index (χ3n) is 4.44. The first-order valence-electron chi connectivity index (χ1n) is 7.29. The minimum Gasteiger partial charge on any atom is -0.229 e. The number of rotatable bonds is 3. The van der Waals surface area contributed by atoms with E-state index >= 15 is 0 Å². The minimum absolute atomic E-state index is 0.0545. The minimum atomic E-state index is -4.43. The van der Waals surface area contributed by atoms with Crippen LogP contribution in [0.4, 0.5) is 13.2 Å². The molecule has 0 aromatic heterocycles. The first-order valence-corrected chi connectivity index (χ1v) is 10.7. The Hall–Kier alpha value is -0.350. The lowest BCUT2D eigenvalue weighted by molar-refractivity contribution is -0.187. The molecule has 1 aliphatic carbocycles. The van der Waals surface area contributed by atoms with Gasteiger partial charge in [0.1, 0.15) is 9.84 Å². The molecule has 1 N–H and O–H groups in total. The van der Waals surface area contributed by atoms with Crippen LogP contribution < -0.4 is 4.72 Å². The van der Waals surface area contributed by atoms with Gasteiger partial charge in [-0.2, -0.15) is 13.2 Å². The second kappa shape index (κ2) is 6.27. The zero-order chi connectivity index (χ0) is 16.6. The van der Waals surface area contributed by atoms with Gasteiger partial charge in [-0.25, -0.2) is 21.6 Å². The van der Waals surface area contributed by atoms with Gasteiger partial charge in [-0.15, -0.1) is 0 Å². The van der Waals surface area contributed by atoms with E-state index in [1.54, 1.807) is 0 Å². The van der Waals surface area contributed by atoms with Crippen molar-refractivity contribution >= 4 is 19.9 Å². The molecule has 5 nitrogen and oxygen atoms in total. The van der Waals surface area contributed by atoms with Crippen molar-refractivity contribution < 1.29 is 30.0 Å². The van der Waals surface area contributed by atoms with Gasteiger partial charge in [-0.05, 0) is 25.7 Å². The van der Waals surface area contributed by atoms with Gasteiger partial charge < -0.3 is 0 Å². The number of sulfone groups is 1. The van der Waals surface area contributed by atoms with Crippen molar-refractivity contribution in [2.45, 2.75) is 56.0 Å². The highest BCUT2D eigenvalue weighted by Gasteiger charge is 2.47. The molecule has 0 radical (unpaired) electrons. The zero-order valence-corrected chi connectivity index (χ0v) is 13.6. The summed E-state index contributed by atoms with van der Waals surface area (Å²) in [5, 5.41) is -0.924. The summed E-state index contributed by atoms with van der Waals surface area (Å²) in [6.07, 6.45) is -3.46. The standard InChI is InChI=1S/C12H20F3NO4S2/c13-12(14,15)10-3-1-2-4-11(10)16-22(19,20)9-5-7-21(17,18)8-6-9/h9-11,16H,1-8H2. The van der Waals surface area contributed by atoms with E-state index in [2.05, 4.69) is 4.72 Å². The van der Waals surface area contributed by atoms with Crippen molar-refractivity contribution in [1.82, 2.24) is 4.72 Å². The molecule has 2 aliphatic rings. The number of sulfonamides is 1. The maximum absolute atomic E-state index is 13.0. The average molecular weight is 363 g/mol. The van der Waals surface area contributed by atoms with Crippen LogP contribution in [0.2, 0.25) is 0 Å². The third-order valence-corrected chi connectivity index (χ3v) is 8.14. The van der Waals surface area contributed by atoms with E-state index in [-0.39, 0.29) is 37.2 Å². The molecule has 1 heterocycles. The van der Waals surface area contributed by atoms with E-state index < -0.39 is 43.2 Å². The van der Waals surface area contributed by atoms with Crippen LogP contribution in [0.3, 0.4) is 0 Å². The Labute approximate surface area is 128 Å². The Morgan fingerprint density at radius 3 is 2.05 bits per heavy atom. The van der Waals surface area contributed by atoms with Crippen molar-refractivity contribution in [1.29, 1.82) is 0 Å². The van der Waals surface area contributed by atoms with Gasteiger partial charge in [-0.1, -0.05) is 12.8 Å². The van der Waals surface area contributed by atoms with Gasteiger partial charge in [0, 0.05) is 6.04 Å². The summed E-state index contributed by atoms with van der Waals surface area (Å²) < 4.78 is 88.4. The van der Waals surface area contributed by atoms with E-state index in [0.717, 1.165) is 0 Å². The molecule has 10 heteroatoms. The molecular weight excluding hydrogens is 343 g/mol. The van der Waals surface area contributed by atoms with Crippen LogP contribution in [0.25, 0.3) is 0 Å². The highest BCUT2D eigenvalue weighted by atomic mass is 32.2. The lowest BCUT2D eigenvalue weighted by Crippen LogP contribution is -2.51. The Balaban J connectivity index is 2.07. The molecule has 0 aromatic carbocycles. The van der Waals surface area contributed by atoms with Crippen molar-refractivity contribution in [2.75, 3.05) is 11.5 Å². The van der Waals surface area contributed by atoms with Crippen molar-refractivity contribution in [3.05, 3.63) is 0 Å². The Bertz CT molecular complexity index is 586. The van der Waals surface area contributed by atoms with Crippen LogP contribution in [0.15, 0.2) is 0 Å². The van der Waals surface area contributed by atoms with E-state index in [1.807, 2.05) is 0 Å². The van der Waals surface area contributed by atoms with E-state index in [1.165, 1.54) is 0 Å². The Kier molecular flexibility index (Phi) is 5.13. The number of hydrogen-bond donors (Lipinski definition) is 1. The normalized spacial score (nSPS) is 31.0. The summed E-state index contributed by atoms with van der Waals surface area (Å²) in [7, 11) is -7.16. The summed E-state index contributed by atoms with van der Waals surface area (Å²) >= 11 is 0. The zero-order valence-electron chi connectivity index (χ0n) is 12.0. The van der Waals surface area contributed by atoms with Gasteiger partial charge in [0.05, 0.1) is 22.7 Å². The van der Waals surface area contributed by atoms with Crippen LogP contribution in [-0.2, 0) is 19.9 Å². The van der Waals surface area contributed by atoms with Crippen molar-refractivity contribution in [2.24, 2.45) is 5.92 Å². The molecule has 2 unspecified atom stereocenters. The highest BCUT2D eigenvalue weighted by Crippen LogP contribution is 2.38. The molecule has 2 fully saturated rings. The highest BCUT2D eigenvalue weighted by molar-refractivity contribution is 7.92. The number of nitrogens with one attached hydrogen (secondary N) is 1. The number of hydrogen-bond acceptors (Lipinski definition) is 4. The quantitative estimate of drug-likeness (QED) is 0.826. The predicted octanol–water partition coefficient (Wildman–Crippen LogP) is 1.60. The van der Waals surface area contributed by atoms with Gasteiger partial charge in [-0.3, -0.25) is 0 Å². The fourth-order valence-electron chi connectivity index (χ4n) is 3.15. The molecule has 1 saturated carbocycles. The molecule has 22 heavy (non-hydrogen) atoms. The Morgan fingerprint density at radius 1 is 0.955 bits per heavy atom. The summed E-state index contributed by atoms with van der Waals surface area (Å²) in [4.78, 5) is 0. The molecule has 2 rings (SSSR count). The molecule has 1 saturated heterocycles. The first kappa shape index (κ1) is 18.0. The summed E-state index contributed by atoms with van der Waals surface area (Å²) in [6.45, 7) is 0. The Morgan fingerprint density at radius 2 is 1.50 bits per heavy atom. The van der Waals surface area contributed by atoms with E-state index in [4.69, 9.17) is 0 Å². The lowest BCUT2D eigenvalue weighted by Gasteiger charge is -2.34.